The zero-order valence-corrected chi connectivity index (χ0v) is 11.9. The molecule has 0 aliphatic carbocycles. The van der Waals surface area contributed by atoms with Crippen molar-refractivity contribution in [2.75, 3.05) is 0 Å². The molecule has 1 heterocycles. The number of nitrogens with two attached hydrogens (primary N) is 2. The topological polar surface area (TPSA) is 86.9 Å². The van der Waals surface area contributed by atoms with Crippen LogP contribution in [0.5, 0.6) is 0 Å². The quantitative estimate of drug-likeness (QED) is 0.871. The SMILES string of the molecule is NC(=O)C(N)(CCn1cc(Br)cn1)c1ccccc1. The molecule has 5 nitrogen and oxygen atoms in total. The molecule has 0 spiro atoms. The van der Waals surface area contributed by atoms with Crippen molar-refractivity contribution < 1.29 is 4.79 Å². The number of primary amides is 1. The van der Waals surface area contributed by atoms with Crippen molar-refractivity contribution in [1.29, 1.82) is 0 Å². The van der Waals surface area contributed by atoms with Crippen LogP contribution < -0.4 is 11.5 Å². The second kappa shape index (κ2) is 5.54. The summed E-state index contributed by atoms with van der Waals surface area (Å²) >= 11 is 3.32. The predicted octanol–water partition coefficient (Wildman–Crippen LogP) is 1.38. The van der Waals surface area contributed by atoms with Gasteiger partial charge >= 0.3 is 0 Å². The predicted molar refractivity (Wildman–Crippen MR) is 76.0 cm³/mol. The van der Waals surface area contributed by atoms with E-state index >= 15 is 0 Å². The molecule has 1 aromatic heterocycles. The van der Waals surface area contributed by atoms with Crippen molar-refractivity contribution in [3.63, 3.8) is 0 Å². The van der Waals surface area contributed by atoms with Crippen LogP contribution in [0.3, 0.4) is 0 Å². The molecule has 1 amide bonds. The fraction of sp³-hybridized carbons (Fsp3) is 0.231. The molecule has 1 unspecified atom stereocenters. The fourth-order valence-electron chi connectivity index (χ4n) is 1.90. The van der Waals surface area contributed by atoms with E-state index in [2.05, 4.69) is 21.0 Å². The lowest BCUT2D eigenvalue weighted by Crippen LogP contribution is -2.49. The highest BCUT2D eigenvalue weighted by atomic mass is 79.9. The highest BCUT2D eigenvalue weighted by Crippen LogP contribution is 2.22. The van der Waals surface area contributed by atoms with Crippen LogP contribution in [-0.4, -0.2) is 15.7 Å². The Kier molecular flexibility index (Phi) is 4.01. The second-order valence-corrected chi connectivity index (χ2v) is 5.29. The summed E-state index contributed by atoms with van der Waals surface area (Å²) in [5, 5.41) is 4.13. The molecule has 19 heavy (non-hydrogen) atoms. The van der Waals surface area contributed by atoms with E-state index in [9.17, 15) is 4.79 Å². The van der Waals surface area contributed by atoms with Gasteiger partial charge in [0, 0.05) is 12.7 Å². The molecule has 0 aliphatic rings. The molecule has 4 N–H and O–H groups in total. The molecule has 0 saturated carbocycles. The molecule has 2 aromatic rings. The smallest absolute Gasteiger partial charge is 0.242 e. The maximum atomic E-state index is 11.7. The summed E-state index contributed by atoms with van der Waals surface area (Å²) in [7, 11) is 0. The summed E-state index contributed by atoms with van der Waals surface area (Å²) in [5.41, 5.74) is 11.2. The van der Waals surface area contributed by atoms with Gasteiger partial charge in [0.2, 0.25) is 5.91 Å². The van der Waals surface area contributed by atoms with Crippen LogP contribution >= 0.6 is 15.9 Å². The van der Waals surface area contributed by atoms with Gasteiger partial charge in [-0.3, -0.25) is 9.48 Å². The Morgan fingerprint density at radius 3 is 2.58 bits per heavy atom. The lowest BCUT2D eigenvalue weighted by molar-refractivity contribution is -0.123. The molecule has 0 radical (unpaired) electrons. The number of carbonyl (C=O) groups is 1. The lowest BCUT2D eigenvalue weighted by Gasteiger charge is -2.26. The van der Waals surface area contributed by atoms with Gasteiger partial charge in [0.05, 0.1) is 10.7 Å². The average molecular weight is 323 g/mol. The van der Waals surface area contributed by atoms with Crippen molar-refractivity contribution in [2.24, 2.45) is 11.5 Å². The van der Waals surface area contributed by atoms with Gasteiger partial charge in [-0.2, -0.15) is 5.10 Å². The molecule has 6 heteroatoms. The van der Waals surface area contributed by atoms with Gasteiger partial charge in [-0.25, -0.2) is 0 Å². The third kappa shape index (κ3) is 3.02. The molecule has 0 aliphatic heterocycles. The minimum atomic E-state index is -1.18. The van der Waals surface area contributed by atoms with Gasteiger partial charge in [0.1, 0.15) is 5.54 Å². The van der Waals surface area contributed by atoms with Crippen molar-refractivity contribution in [3.8, 4) is 0 Å². The Morgan fingerprint density at radius 2 is 2.05 bits per heavy atom. The van der Waals surface area contributed by atoms with Gasteiger partial charge in [-0.05, 0) is 27.9 Å². The number of aromatic nitrogens is 2. The second-order valence-electron chi connectivity index (χ2n) is 4.37. The molecule has 0 saturated heterocycles. The van der Waals surface area contributed by atoms with Crippen LogP contribution in [0.1, 0.15) is 12.0 Å². The van der Waals surface area contributed by atoms with E-state index in [1.165, 1.54) is 0 Å². The van der Waals surface area contributed by atoms with E-state index in [4.69, 9.17) is 11.5 Å². The number of amides is 1. The molecular weight excluding hydrogens is 308 g/mol. The highest BCUT2D eigenvalue weighted by Gasteiger charge is 2.33. The summed E-state index contributed by atoms with van der Waals surface area (Å²) < 4.78 is 2.60. The first kappa shape index (κ1) is 13.8. The summed E-state index contributed by atoms with van der Waals surface area (Å²) in [4.78, 5) is 11.7. The number of rotatable bonds is 5. The number of halogens is 1. The maximum absolute atomic E-state index is 11.7. The van der Waals surface area contributed by atoms with E-state index in [-0.39, 0.29) is 0 Å². The Morgan fingerprint density at radius 1 is 1.37 bits per heavy atom. The van der Waals surface area contributed by atoms with Crippen molar-refractivity contribution in [1.82, 2.24) is 9.78 Å². The van der Waals surface area contributed by atoms with Crippen molar-refractivity contribution in [3.05, 3.63) is 52.8 Å². The molecule has 0 bridgehead atoms. The highest BCUT2D eigenvalue weighted by molar-refractivity contribution is 9.10. The standard InChI is InChI=1S/C13H15BrN4O/c14-11-8-17-18(9-11)7-6-13(16,12(15)19)10-4-2-1-3-5-10/h1-5,8-9H,6-7,16H2,(H2,15,19). The van der Waals surface area contributed by atoms with Gasteiger partial charge in [0.25, 0.3) is 0 Å². The summed E-state index contributed by atoms with van der Waals surface area (Å²) in [6.07, 6.45) is 3.90. The Hall–Kier alpha value is -1.66. The first-order chi connectivity index (χ1) is 9.02. The zero-order valence-electron chi connectivity index (χ0n) is 10.3. The van der Waals surface area contributed by atoms with Gasteiger partial charge < -0.3 is 11.5 Å². The van der Waals surface area contributed by atoms with Crippen molar-refractivity contribution >= 4 is 21.8 Å². The van der Waals surface area contributed by atoms with E-state index in [0.29, 0.717) is 18.5 Å². The maximum Gasteiger partial charge on any atom is 0.242 e. The fourth-order valence-corrected chi connectivity index (χ4v) is 2.22. The number of hydrogen-bond donors (Lipinski definition) is 2. The van der Waals surface area contributed by atoms with Crippen LogP contribution in [0.4, 0.5) is 0 Å². The molecule has 0 fully saturated rings. The minimum absolute atomic E-state index is 0.389. The molecule has 100 valence electrons. The monoisotopic (exact) mass is 322 g/mol. The number of nitrogens with zero attached hydrogens (tertiary/aromatic N) is 2. The molecule has 1 aromatic carbocycles. The summed E-state index contributed by atoms with van der Waals surface area (Å²) in [5.74, 6) is -0.537. The summed E-state index contributed by atoms with van der Waals surface area (Å²) in [6.45, 7) is 0.514. The molecule has 2 rings (SSSR count). The van der Waals surface area contributed by atoms with Crippen LogP contribution in [0.15, 0.2) is 47.2 Å². The Labute approximate surface area is 119 Å². The van der Waals surface area contributed by atoms with E-state index < -0.39 is 11.4 Å². The number of carbonyl (C=O) groups excluding carboxylic acids is 1. The number of hydrogen-bond acceptors (Lipinski definition) is 3. The lowest BCUT2D eigenvalue weighted by atomic mass is 9.87. The Bertz CT molecular complexity index is 569. The van der Waals surface area contributed by atoms with E-state index in [0.717, 1.165) is 4.47 Å². The van der Waals surface area contributed by atoms with Gasteiger partial charge in [-0.1, -0.05) is 30.3 Å². The number of aryl methyl sites for hydroxylation is 1. The molecular formula is C13H15BrN4O. The van der Waals surface area contributed by atoms with E-state index in [1.54, 1.807) is 10.9 Å². The van der Waals surface area contributed by atoms with Crippen molar-refractivity contribution in [2.45, 2.75) is 18.5 Å². The normalized spacial score (nSPS) is 14.0. The third-order valence-corrected chi connectivity index (χ3v) is 3.48. The van der Waals surface area contributed by atoms with Crippen LogP contribution in [0, 0.1) is 0 Å². The van der Waals surface area contributed by atoms with Gasteiger partial charge in [-0.15, -0.1) is 0 Å². The summed E-state index contributed by atoms with van der Waals surface area (Å²) in [6, 6.07) is 9.16. The van der Waals surface area contributed by atoms with Crippen LogP contribution in [0.2, 0.25) is 0 Å². The van der Waals surface area contributed by atoms with Gasteiger partial charge in [0.15, 0.2) is 0 Å². The third-order valence-electron chi connectivity index (χ3n) is 3.07. The average Bonchev–Trinajstić information content (AvgIpc) is 2.82. The first-order valence-electron chi connectivity index (χ1n) is 5.84. The molecule has 1 atom stereocenters. The largest absolute Gasteiger partial charge is 0.368 e. The van der Waals surface area contributed by atoms with Crippen LogP contribution in [0.25, 0.3) is 0 Å². The first-order valence-corrected chi connectivity index (χ1v) is 6.64. The minimum Gasteiger partial charge on any atom is -0.368 e. The van der Waals surface area contributed by atoms with E-state index in [1.807, 2.05) is 36.5 Å². The Balaban J connectivity index is 2.19. The van der Waals surface area contributed by atoms with Crippen LogP contribution in [-0.2, 0) is 16.9 Å². The zero-order chi connectivity index (χ0) is 13.9. The number of benzene rings is 1.